The molecule has 0 spiro atoms. The highest BCUT2D eigenvalue weighted by Gasteiger charge is 2.41. The Kier molecular flexibility index (Phi) is 3.04. The Morgan fingerprint density at radius 3 is 2.95 bits per heavy atom. The number of carbonyl (C=O) groups is 1. The molecule has 0 bridgehead atoms. The minimum Gasteiger partial charge on any atom is -0.344 e. The zero-order valence-corrected chi connectivity index (χ0v) is 10.8. The van der Waals surface area contributed by atoms with Crippen LogP contribution in [0, 0.1) is 11.2 Å². The maximum Gasteiger partial charge on any atom is 0.417 e. The van der Waals surface area contributed by atoms with E-state index < -0.39 is 17.8 Å². The van der Waals surface area contributed by atoms with E-state index in [4.69, 9.17) is 5.26 Å². The molecule has 5 nitrogen and oxygen atoms in total. The minimum atomic E-state index is -4.50. The summed E-state index contributed by atoms with van der Waals surface area (Å²) in [7, 11) is 0. The van der Waals surface area contributed by atoms with Gasteiger partial charge in [0.25, 0.3) is 6.71 Å². The first-order chi connectivity index (χ1) is 9.90. The molecule has 0 aliphatic carbocycles. The van der Waals surface area contributed by atoms with E-state index in [9.17, 15) is 18.0 Å². The molecule has 3 rings (SSSR count). The van der Waals surface area contributed by atoms with Gasteiger partial charge in [-0.2, -0.15) is 13.2 Å². The SMILES string of the molecule is N#CB1CCN2c3ncc(C(F)(F)F)cc3NC(=O)C2C1. The fourth-order valence-electron chi connectivity index (χ4n) is 2.73. The normalized spacial score (nSPS) is 21.2. The molecule has 0 radical (unpaired) electrons. The van der Waals surface area contributed by atoms with Crippen LogP contribution < -0.4 is 10.2 Å². The van der Waals surface area contributed by atoms with Crippen LogP contribution in [-0.4, -0.2) is 30.2 Å². The third kappa shape index (κ3) is 2.31. The summed E-state index contributed by atoms with van der Waals surface area (Å²) in [5.41, 5.74) is -0.826. The van der Waals surface area contributed by atoms with Gasteiger partial charge in [-0.15, -0.1) is 0 Å². The van der Waals surface area contributed by atoms with Crippen molar-refractivity contribution < 1.29 is 18.0 Å². The Labute approximate surface area is 118 Å². The molecule has 1 N–H and O–H groups in total. The van der Waals surface area contributed by atoms with E-state index in [1.54, 1.807) is 4.90 Å². The predicted molar refractivity (Wildman–Crippen MR) is 70.0 cm³/mol. The van der Waals surface area contributed by atoms with Crippen LogP contribution >= 0.6 is 0 Å². The van der Waals surface area contributed by atoms with Gasteiger partial charge in [0, 0.05) is 18.7 Å². The lowest BCUT2D eigenvalue weighted by atomic mass is 9.43. The number of carbonyl (C=O) groups excluding carboxylic acids is 1. The molecule has 1 saturated heterocycles. The van der Waals surface area contributed by atoms with Crippen molar-refractivity contribution in [3.8, 4) is 5.97 Å². The smallest absolute Gasteiger partial charge is 0.344 e. The van der Waals surface area contributed by atoms with Crippen LogP contribution in [0.5, 0.6) is 0 Å². The highest BCUT2D eigenvalue weighted by atomic mass is 19.4. The number of nitriles is 1. The zero-order chi connectivity index (χ0) is 15.2. The van der Waals surface area contributed by atoms with Gasteiger partial charge >= 0.3 is 6.18 Å². The standard InChI is InChI=1S/C12H10BF3N4O/c14-12(15,16)7-3-8-10(18-5-7)20-2-1-13(6-17)4-9(20)11(21)19-8/h3,5,9H,1-2,4H2,(H,19,21). The van der Waals surface area contributed by atoms with Gasteiger partial charge in [0.15, 0.2) is 5.82 Å². The van der Waals surface area contributed by atoms with Gasteiger partial charge in [-0.25, -0.2) is 10.2 Å². The summed E-state index contributed by atoms with van der Waals surface area (Å²) < 4.78 is 38.0. The molecule has 21 heavy (non-hydrogen) atoms. The summed E-state index contributed by atoms with van der Waals surface area (Å²) in [5, 5.41) is 11.4. The first kappa shape index (κ1) is 13.7. The van der Waals surface area contributed by atoms with E-state index >= 15 is 0 Å². The lowest BCUT2D eigenvalue weighted by Crippen LogP contribution is -2.54. The van der Waals surface area contributed by atoms with Crippen molar-refractivity contribution in [3.05, 3.63) is 17.8 Å². The van der Waals surface area contributed by atoms with Crippen LogP contribution in [0.2, 0.25) is 12.6 Å². The van der Waals surface area contributed by atoms with Gasteiger partial charge in [-0.1, -0.05) is 0 Å². The average molecular weight is 294 g/mol. The first-order valence-corrected chi connectivity index (χ1v) is 6.44. The molecule has 9 heteroatoms. The molecule has 2 aliphatic rings. The third-order valence-corrected chi connectivity index (χ3v) is 3.81. The maximum absolute atomic E-state index is 12.7. The fourth-order valence-corrected chi connectivity index (χ4v) is 2.73. The minimum absolute atomic E-state index is 0.0708. The number of amides is 1. The number of fused-ring (bicyclic) bond motifs is 3. The van der Waals surface area contributed by atoms with Gasteiger partial charge in [-0.05, 0) is 18.7 Å². The number of rotatable bonds is 0. The lowest BCUT2D eigenvalue weighted by molar-refractivity contribution is -0.137. The Balaban J connectivity index is 1.97. The molecule has 1 aromatic heterocycles. The van der Waals surface area contributed by atoms with Gasteiger partial charge in [0.05, 0.1) is 11.3 Å². The third-order valence-electron chi connectivity index (χ3n) is 3.81. The molecule has 1 aromatic rings. The van der Waals surface area contributed by atoms with Gasteiger partial charge in [0.2, 0.25) is 5.91 Å². The molecule has 1 amide bonds. The van der Waals surface area contributed by atoms with E-state index in [0.717, 1.165) is 12.3 Å². The van der Waals surface area contributed by atoms with E-state index in [2.05, 4.69) is 16.3 Å². The summed E-state index contributed by atoms with van der Waals surface area (Å²) in [5.74, 6) is 2.09. The van der Waals surface area contributed by atoms with Crippen LogP contribution in [0.15, 0.2) is 12.3 Å². The highest BCUT2D eigenvalue weighted by molar-refractivity contribution is 6.67. The number of nitrogens with zero attached hydrogens (tertiary/aromatic N) is 3. The molecule has 2 aliphatic heterocycles. The van der Waals surface area contributed by atoms with E-state index in [-0.39, 0.29) is 18.3 Å². The summed E-state index contributed by atoms with van der Waals surface area (Å²) in [6.07, 6.45) is -2.80. The van der Waals surface area contributed by atoms with E-state index in [0.29, 0.717) is 25.0 Å². The number of nitrogens with one attached hydrogen (secondary N) is 1. The van der Waals surface area contributed by atoms with Crippen molar-refractivity contribution in [2.24, 2.45) is 0 Å². The van der Waals surface area contributed by atoms with Crippen molar-refractivity contribution >= 4 is 24.1 Å². The van der Waals surface area contributed by atoms with Crippen LogP contribution in [-0.2, 0) is 11.0 Å². The Morgan fingerprint density at radius 1 is 1.52 bits per heavy atom. The molecule has 1 fully saturated rings. The van der Waals surface area contributed by atoms with Gasteiger partial charge in [-0.3, -0.25) is 4.79 Å². The molecule has 0 aromatic carbocycles. The van der Waals surface area contributed by atoms with Crippen molar-refractivity contribution in [1.82, 2.24) is 4.98 Å². The number of hydrogen-bond donors (Lipinski definition) is 1. The van der Waals surface area contributed by atoms with Gasteiger partial charge < -0.3 is 10.2 Å². The number of alkyl halides is 3. The monoisotopic (exact) mass is 294 g/mol. The second-order valence-electron chi connectivity index (χ2n) is 5.14. The fraction of sp³-hybridized carbons (Fsp3) is 0.417. The number of hydrogen-bond acceptors (Lipinski definition) is 4. The summed E-state index contributed by atoms with van der Waals surface area (Å²) >= 11 is 0. The molecule has 1 atom stereocenters. The average Bonchev–Trinajstić information content (AvgIpc) is 2.45. The van der Waals surface area contributed by atoms with E-state index in [1.165, 1.54) is 0 Å². The van der Waals surface area contributed by atoms with Crippen molar-refractivity contribution in [3.63, 3.8) is 0 Å². The molecule has 3 heterocycles. The molecular weight excluding hydrogens is 284 g/mol. The molecular formula is C12H10BF3N4O. The van der Waals surface area contributed by atoms with Crippen LogP contribution in [0.4, 0.5) is 24.7 Å². The number of anilines is 2. The van der Waals surface area contributed by atoms with Gasteiger partial charge in [0.1, 0.15) is 6.04 Å². The Bertz CT molecular complexity index is 642. The van der Waals surface area contributed by atoms with Crippen LogP contribution in [0.1, 0.15) is 5.56 Å². The number of halogens is 3. The molecule has 1 unspecified atom stereocenters. The zero-order valence-electron chi connectivity index (χ0n) is 10.8. The topological polar surface area (TPSA) is 69.0 Å². The van der Waals surface area contributed by atoms with Crippen molar-refractivity contribution in [1.29, 1.82) is 5.26 Å². The van der Waals surface area contributed by atoms with Crippen LogP contribution in [0.3, 0.4) is 0 Å². The summed E-state index contributed by atoms with van der Waals surface area (Å²) in [6, 6.07) is 0.354. The highest BCUT2D eigenvalue weighted by Crippen LogP contribution is 2.38. The second-order valence-corrected chi connectivity index (χ2v) is 5.14. The lowest BCUT2D eigenvalue weighted by Gasteiger charge is -2.40. The largest absolute Gasteiger partial charge is 0.417 e. The Morgan fingerprint density at radius 2 is 2.29 bits per heavy atom. The first-order valence-electron chi connectivity index (χ1n) is 6.44. The Hall–Kier alpha value is -2.24. The van der Waals surface area contributed by atoms with E-state index in [1.807, 2.05) is 0 Å². The quantitative estimate of drug-likeness (QED) is 0.741. The predicted octanol–water partition coefficient (Wildman–Crippen LogP) is 1.80. The van der Waals surface area contributed by atoms with Crippen molar-refractivity contribution in [2.75, 3.05) is 16.8 Å². The summed E-state index contributed by atoms with van der Waals surface area (Å²) in [6.45, 7) is 0.217. The maximum atomic E-state index is 12.7. The van der Waals surface area contributed by atoms with Crippen LogP contribution in [0.25, 0.3) is 0 Å². The molecule has 108 valence electrons. The number of pyridine rings is 1. The van der Waals surface area contributed by atoms with Crippen molar-refractivity contribution in [2.45, 2.75) is 24.9 Å². The molecule has 0 saturated carbocycles. The number of aromatic nitrogens is 1. The second kappa shape index (κ2) is 4.65. The summed E-state index contributed by atoms with van der Waals surface area (Å²) in [4.78, 5) is 17.6.